The number of nitrogens with one attached hydrogen (secondary N) is 2. The first-order chi connectivity index (χ1) is 16.2. The highest BCUT2D eigenvalue weighted by Crippen LogP contribution is 2.27. The van der Waals surface area contributed by atoms with Gasteiger partial charge in [0.05, 0.1) is 30.8 Å². The van der Waals surface area contributed by atoms with Gasteiger partial charge in [-0.25, -0.2) is 13.2 Å². The number of aromatic nitrogens is 2. The van der Waals surface area contributed by atoms with Gasteiger partial charge in [0.2, 0.25) is 17.5 Å². The summed E-state index contributed by atoms with van der Waals surface area (Å²) in [5.74, 6) is -5.92. The van der Waals surface area contributed by atoms with Crippen molar-refractivity contribution < 1.29 is 45.2 Å². The molecule has 3 amide bonds. The number of sulfone groups is 1. The molecule has 35 heavy (non-hydrogen) atoms. The Morgan fingerprint density at radius 2 is 1.71 bits per heavy atom. The molecule has 0 saturated carbocycles. The molecule has 1 aromatic heterocycles. The Morgan fingerprint density at radius 1 is 1.09 bits per heavy atom. The molecule has 12 nitrogen and oxygen atoms in total. The van der Waals surface area contributed by atoms with Crippen LogP contribution in [0.4, 0.5) is 18.0 Å². The summed E-state index contributed by atoms with van der Waals surface area (Å²) in [6, 6.07) is -3.65. The van der Waals surface area contributed by atoms with Gasteiger partial charge in [-0.1, -0.05) is 25.9 Å². The Morgan fingerprint density at radius 3 is 2.23 bits per heavy atom. The molecule has 16 heteroatoms. The van der Waals surface area contributed by atoms with Crippen molar-refractivity contribution in [1.29, 1.82) is 0 Å². The lowest BCUT2D eigenvalue weighted by Crippen LogP contribution is -2.57. The Labute approximate surface area is 199 Å². The Balaban J connectivity index is 2.20. The van der Waals surface area contributed by atoms with Crippen LogP contribution >= 0.6 is 0 Å². The fourth-order valence-corrected chi connectivity index (χ4v) is 5.13. The zero-order chi connectivity index (χ0) is 26.4. The van der Waals surface area contributed by atoms with Gasteiger partial charge in [0.1, 0.15) is 6.04 Å². The number of rotatable bonds is 10. The monoisotopic (exact) mass is 527 g/mol. The van der Waals surface area contributed by atoms with Crippen LogP contribution in [0.15, 0.2) is 4.52 Å². The van der Waals surface area contributed by atoms with Crippen molar-refractivity contribution in [3.63, 3.8) is 0 Å². The smallest absolute Gasteiger partial charge is 0.378 e. The van der Waals surface area contributed by atoms with Gasteiger partial charge in [-0.05, 0) is 12.3 Å². The summed E-state index contributed by atoms with van der Waals surface area (Å²) in [5.41, 5.74) is 0. The summed E-state index contributed by atoms with van der Waals surface area (Å²) in [6.45, 7) is 5.81. The summed E-state index contributed by atoms with van der Waals surface area (Å²) in [4.78, 5) is 42.5. The van der Waals surface area contributed by atoms with Crippen molar-refractivity contribution in [1.82, 2.24) is 25.7 Å². The number of halogens is 3. The maximum absolute atomic E-state index is 13.0. The quantitative estimate of drug-likeness (QED) is 0.416. The summed E-state index contributed by atoms with van der Waals surface area (Å²) in [7, 11) is -3.80. The molecule has 2 N–H and O–H groups in total. The molecule has 0 radical (unpaired) electrons. The lowest BCUT2D eigenvalue weighted by atomic mass is 10.1. The summed E-state index contributed by atoms with van der Waals surface area (Å²) < 4.78 is 72.4. The van der Waals surface area contributed by atoms with Crippen LogP contribution in [-0.4, -0.2) is 91.1 Å². The number of amides is 3. The minimum atomic E-state index is -4.96. The van der Waals surface area contributed by atoms with Gasteiger partial charge in [0.25, 0.3) is 0 Å². The predicted molar refractivity (Wildman–Crippen MR) is 114 cm³/mol. The highest BCUT2D eigenvalue weighted by Gasteiger charge is 2.40. The van der Waals surface area contributed by atoms with E-state index in [4.69, 9.17) is 4.74 Å². The lowest BCUT2D eigenvalue weighted by Gasteiger charge is -2.29. The first kappa shape index (κ1) is 28.5. The SMILES string of the molecule is CC[C@H](NC(=O)[C@H](CS(=O)(=O)CC(C)C)NC(=O)N1CCOCC1)C(=O)c1noc(C(F)(F)F)n1. The number of ether oxygens (including phenoxy) is 1. The number of carbonyl (C=O) groups is 3. The van der Waals surface area contributed by atoms with Crippen LogP contribution in [0.25, 0.3) is 0 Å². The van der Waals surface area contributed by atoms with Gasteiger partial charge >= 0.3 is 18.1 Å². The van der Waals surface area contributed by atoms with Gasteiger partial charge in [-0.15, -0.1) is 0 Å². The molecule has 198 valence electrons. The summed E-state index contributed by atoms with van der Waals surface area (Å²) in [6.07, 6.45) is -5.04. The van der Waals surface area contributed by atoms with Crippen LogP contribution in [0.3, 0.4) is 0 Å². The molecular weight excluding hydrogens is 499 g/mol. The molecule has 2 atom stereocenters. The predicted octanol–water partition coefficient (Wildman–Crippen LogP) is 0.647. The van der Waals surface area contributed by atoms with E-state index in [9.17, 15) is 36.0 Å². The van der Waals surface area contributed by atoms with E-state index in [2.05, 4.69) is 25.3 Å². The lowest BCUT2D eigenvalue weighted by molar-refractivity contribution is -0.159. The third-order valence-electron chi connectivity index (χ3n) is 4.85. The second-order valence-corrected chi connectivity index (χ2v) is 10.5. The van der Waals surface area contributed by atoms with Crippen LogP contribution in [0.1, 0.15) is 43.7 Å². The zero-order valence-corrected chi connectivity index (χ0v) is 20.2. The minimum absolute atomic E-state index is 0.0800. The van der Waals surface area contributed by atoms with Gasteiger partial charge in [0.15, 0.2) is 9.84 Å². The molecule has 0 aromatic carbocycles. The van der Waals surface area contributed by atoms with E-state index in [1.54, 1.807) is 13.8 Å². The molecule has 1 saturated heterocycles. The van der Waals surface area contributed by atoms with E-state index in [0.717, 1.165) is 0 Å². The van der Waals surface area contributed by atoms with Crippen LogP contribution < -0.4 is 10.6 Å². The van der Waals surface area contributed by atoms with Crippen molar-refractivity contribution in [2.75, 3.05) is 37.8 Å². The number of carbonyl (C=O) groups excluding carboxylic acids is 3. The Kier molecular flexibility index (Phi) is 9.60. The third kappa shape index (κ3) is 8.45. The van der Waals surface area contributed by atoms with Crippen molar-refractivity contribution in [2.24, 2.45) is 5.92 Å². The van der Waals surface area contributed by atoms with E-state index in [-0.39, 0.29) is 44.4 Å². The molecule has 2 heterocycles. The molecule has 0 bridgehead atoms. The number of Topliss-reactive ketones (excluding diaryl/α,β-unsaturated/α-hetero) is 1. The molecule has 1 aliphatic heterocycles. The molecule has 0 aliphatic carbocycles. The summed E-state index contributed by atoms with van der Waals surface area (Å²) in [5, 5.41) is 7.68. The van der Waals surface area contributed by atoms with E-state index < -0.39 is 63.3 Å². The minimum Gasteiger partial charge on any atom is -0.378 e. The third-order valence-corrected chi connectivity index (χ3v) is 6.87. The van der Waals surface area contributed by atoms with Crippen molar-refractivity contribution in [2.45, 2.75) is 45.5 Å². The van der Waals surface area contributed by atoms with Crippen molar-refractivity contribution in [3.8, 4) is 0 Å². The van der Waals surface area contributed by atoms with Crippen molar-refractivity contribution >= 4 is 27.6 Å². The van der Waals surface area contributed by atoms with Crippen LogP contribution in [-0.2, 0) is 25.5 Å². The van der Waals surface area contributed by atoms with Crippen molar-refractivity contribution in [3.05, 3.63) is 11.7 Å². The first-order valence-corrected chi connectivity index (χ1v) is 12.6. The van der Waals surface area contributed by atoms with E-state index in [1.807, 2.05) is 0 Å². The van der Waals surface area contributed by atoms with Crippen LogP contribution in [0.2, 0.25) is 0 Å². The van der Waals surface area contributed by atoms with Gasteiger partial charge in [-0.3, -0.25) is 9.59 Å². The normalized spacial score (nSPS) is 16.6. The highest BCUT2D eigenvalue weighted by atomic mass is 32.2. The van der Waals surface area contributed by atoms with Gasteiger partial charge < -0.3 is 24.8 Å². The topological polar surface area (TPSA) is 161 Å². The molecule has 0 unspecified atom stereocenters. The van der Waals surface area contributed by atoms with E-state index in [1.165, 1.54) is 11.8 Å². The van der Waals surface area contributed by atoms with Crippen LogP contribution in [0.5, 0.6) is 0 Å². The fourth-order valence-electron chi connectivity index (χ4n) is 3.24. The molecule has 1 aliphatic rings. The molecule has 1 aromatic rings. The Hall–Kier alpha value is -2.75. The van der Waals surface area contributed by atoms with E-state index >= 15 is 0 Å². The largest absolute Gasteiger partial charge is 0.471 e. The van der Waals surface area contributed by atoms with E-state index in [0.29, 0.717) is 0 Å². The second kappa shape index (κ2) is 11.8. The second-order valence-electron chi connectivity index (χ2n) is 8.33. The number of hydrogen-bond acceptors (Lipinski definition) is 9. The highest BCUT2D eigenvalue weighted by molar-refractivity contribution is 7.91. The maximum Gasteiger partial charge on any atom is 0.471 e. The number of nitrogens with zero attached hydrogens (tertiary/aromatic N) is 3. The number of alkyl halides is 3. The molecule has 0 spiro atoms. The average Bonchev–Trinajstić information content (AvgIpc) is 3.27. The molecule has 1 fully saturated rings. The average molecular weight is 528 g/mol. The molecular formula is C19H28F3N5O7S. The number of hydrogen-bond donors (Lipinski definition) is 2. The zero-order valence-electron chi connectivity index (χ0n) is 19.4. The molecule has 2 rings (SSSR count). The van der Waals surface area contributed by atoms with Gasteiger partial charge in [0, 0.05) is 13.1 Å². The first-order valence-electron chi connectivity index (χ1n) is 10.8. The fraction of sp³-hybridized carbons (Fsp3) is 0.737. The van der Waals surface area contributed by atoms with Crippen LogP contribution in [0, 0.1) is 5.92 Å². The number of morpholine rings is 1. The number of urea groups is 1. The summed E-state index contributed by atoms with van der Waals surface area (Å²) >= 11 is 0. The standard InChI is InChI=1S/C19H28F3N5O7S/c1-4-12(14(28)15-25-17(34-26-15)19(20,21)22)23-16(29)13(10-35(31,32)9-11(2)3)24-18(30)27-5-7-33-8-6-27/h11-13H,4-10H2,1-3H3,(H,23,29)(H,24,30)/t12-,13-/m0/s1. The van der Waals surface area contributed by atoms with Gasteiger partial charge in [-0.2, -0.15) is 18.2 Å². The maximum atomic E-state index is 13.0. The Bertz CT molecular complexity index is 1010. The number of ketones is 1.